The summed E-state index contributed by atoms with van der Waals surface area (Å²) in [7, 11) is 0. The van der Waals surface area contributed by atoms with E-state index in [1.54, 1.807) is 0 Å². The lowest BCUT2D eigenvalue weighted by molar-refractivity contribution is -0.125. The van der Waals surface area contributed by atoms with Crippen LogP contribution in [-0.2, 0) is 4.79 Å². The van der Waals surface area contributed by atoms with Gasteiger partial charge in [0.25, 0.3) is 0 Å². The van der Waals surface area contributed by atoms with Gasteiger partial charge in [0.15, 0.2) is 0 Å². The Kier molecular flexibility index (Phi) is 7.09. The van der Waals surface area contributed by atoms with Crippen molar-refractivity contribution >= 4 is 18.3 Å². The Balaban J connectivity index is 0.00000208. The summed E-state index contributed by atoms with van der Waals surface area (Å²) < 4.78 is 5.86. The lowest BCUT2D eigenvalue weighted by atomic mass is 10.0. The number of para-hydroxylation sites is 1. The molecule has 0 aliphatic carbocycles. The van der Waals surface area contributed by atoms with E-state index in [4.69, 9.17) is 4.74 Å². The minimum Gasteiger partial charge on any atom is -0.491 e. The predicted molar refractivity (Wildman–Crippen MR) is 97.5 cm³/mol. The lowest BCUT2D eigenvalue weighted by Gasteiger charge is -2.21. The highest BCUT2D eigenvalue weighted by molar-refractivity contribution is 5.85. The summed E-state index contributed by atoms with van der Waals surface area (Å²) in [4.78, 5) is 12.4. The van der Waals surface area contributed by atoms with Crippen LogP contribution >= 0.6 is 12.4 Å². The van der Waals surface area contributed by atoms with Crippen LogP contribution in [0.25, 0.3) is 0 Å². The van der Waals surface area contributed by atoms with E-state index in [2.05, 4.69) is 10.6 Å². The molecule has 5 heteroatoms. The molecule has 1 aliphatic rings. The van der Waals surface area contributed by atoms with Gasteiger partial charge in [-0.3, -0.25) is 4.79 Å². The van der Waals surface area contributed by atoms with Gasteiger partial charge in [-0.1, -0.05) is 48.5 Å². The zero-order valence-electron chi connectivity index (χ0n) is 13.5. The molecule has 24 heavy (non-hydrogen) atoms. The summed E-state index contributed by atoms with van der Waals surface area (Å²) in [6, 6.07) is 19.5. The average molecular weight is 347 g/mol. The van der Waals surface area contributed by atoms with Crippen LogP contribution in [-0.4, -0.2) is 25.6 Å². The Morgan fingerprint density at radius 3 is 2.42 bits per heavy atom. The van der Waals surface area contributed by atoms with Gasteiger partial charge in [0.2, 0.25) is 5.91 Å². The Labute approximate surface area is 149 Å². The molecule has 2 aromatic carbocycles. The summed E-state index contributed by atoms with van der Waals surface area (Å²) >= 11 is 0. The van der Waals surface area contributed by atoms with Gasteiger partial charge < -0.3 is 15.4 Å². The zero-order valence-corrected chi connectivity index (χ0v) is 14.3. The maximum Gasteiger partial charge on any atom is 0.225 e. The molecule has 0 radical (unpaired) electrons. The fraction of sp³-hybridized carbons (Fsp3) is 0.316. The first kappa shape index (κ1) is 18.3. The summed E-state index contributed by atoms with van der Waals surface area (Å²) in [6.45, 7) is 2.08. The minimum atomic E-state index is -0.149. The number of benzene rings is 2. The number of rotatable bonds is 6. The van der Waals surface area contributed by atoms with E-state index in [1.807, 2.05) is 60.7 Å². The fourth-order valence-electron chi connectivity index (χ4n) is 2.77. The second-order valence-corrected chi connectivity index (χ2v) is 5.79. The van der Waals surface area contributed by atoms with Gasteiger partial charge in [-0.2, -0.15) is 0 Å². The van der Waals surface area contributed by atoms with Crippen molar-refractivity contribution in [2.24, 2.45) is 5.92 Å². The van der Waals surface area contributed by atoms with E-state index in [-0.39, 0.29) is 30.3 Å². The molecule has 3 rings (SSSR count). The van der Waals surface area contributed by atoms with Crippen LogP contribution in [0.1, 0.15) is 18.0 Å². The molecule has 1 aliphatic heterocycles. The molecule has 0 bridgehead atoms. The molecule has 4 nitrogen and oxygen atoms in total. The first-order valence-corrected chi connectivity index (χ1v) is 8.07. The summed E-state index contributed by atoms with van der Waals surface area (Å²) in [5.74, 6) is 0.962. The molecular formula is C19H23ClN2O2. The number of hydrogen-bond acceptors (Lipinski definition) is 3. The maximum atomic E-state index is 12.4. The summed E-state index contributed by atoms with van der Waals surface area (Å²) in [5, 5.41) is 6.37. The second-order valence-electron chi connectivity index (χ2n) is 5.79. The largest absolute Gasteiger partial charge is 0.491 e. The van der Waals surface area contributed by atoms with Crippen molar-refractivity contribution in [3.8, 4) is 5.75 Å². The van der Waals surface area contributed by atoms with Crippen LogP contribution in [0, 0.1) is 5.92 Å². The predicted octanol–water partition coefficient (Wildman–Crippen LogP) is 2.95. The van der Waals surface area contributed by atoms with Crippen LogP contribution in [0.4, 0.5) is 0 Å². The number of carbonyl (C=O) groups is 1. The number of amides is 1. The van der Waals surface area contributed by atoms with Crippen molar-refractivity contribution in [1.82, 2.24) is 10.6 Å². The standard InChI is InChI=1S/C19H22N2O2.ClH/c22-19(16-11-12-20-13-16)21-18(15-7-3-1-4-8-15)14-23-17-9-5-2-6-10-17;/h1-10,16,18,20H,11-14H2,(H,21,22);1H. The SMILES string of the molecule is Cl.O=C(NC(COc1ccccc1)c1ccccc1)C1CCNC1. The van der Waals surface area contributed by atoms with Crippen molar-refractivity contribution < 1.29 is 9.53 Å². The van der Waals surface area contributed by atoms with Gasteiger partial charge in [0, 0.05) is 6.54 Å². The Morgan fingerprint density at radius 2 is 1.79 bits per heavy atom. The zero-order chi connectivity index (χ0) is 15.9. The molecule has 1 saturated heterocycles. The fourth-order valence-corrected chi connectivity index (χ4v) is 2.77. The van der Waals surface area contributed by atoms with E-state index >= 15 is 0 Å². The van der Waals surface area contributed by atoms with E-state index in [9.17, 15) is 4.79 Å². The molecular weight excluding hydrogens is 324 g/mol. The van der Waals surface area contributed by atoms with Crippen molar-refractivity contribution in [3.05, 3.63) is 66.2 Å². The Hall–Kier alpha value is -2.04. The Bertz CT molecular complexity index is 616. The molecule has 2 atom stereocenters. The number of halogens is 1. The topological polar surface area (TPSA) is 50.4 Å². The number of carbonyl (C=O) groups excluding carboxylic acids is 1. The smallest absolute Gasteiger partial charge is 0.225 e. The molecule has 0 spiro atoms. The van der Waals surface area contributed by atoms with Gasteiger partial charge in [-0.15, -0.1) is 12.4 Å². The van der Waals surface area contributed by atoms with Gasteiger partial charge >= 0.3 is 0 Å². The third-order valence-corrected chi connectivity index (χ3v) is 4.11. The molecule has 0 saturated carbocycles. The molecule has 2 unspecified atom stereocenters. The van der Waals surface area contributed by atoms with Crippen LogP contribution in [0.3, 0.4) is 0 Å². The van der Waals surface area contributed by atoms with E-state index in [1.165, 1.54) is 0 Å². The van der Waals surface area contributed by atoms with Crippen LogP contribution in [0.2, 0.25) is 0 Å². The average Bonchev–Trinajstić information content (AvgIpc) is 3.15. The first-order valence-electron chi connectivity index (χ1n) is 8.07. The van der Waals surface area contributed by atoms with E-state index in [0.717, 1.165) is 30.8 Å². The summed E-state index contributed by atoms with van der Waals surface area (Å²) in [6.07, 6.45) is 0.896. The first-order chi connectivity index (χ1) is 11.3. The molecule has 1 fully saturated rings. The normalized spacial score (nSPS) is 17.6. The van der Waals surface area contributed by atoms with Crippen molar-refractivity contribution in [1.29, 1.82) is 0 Å². The summed E-state index contributed by atoms with van der Waals surface area (Å²) in [5.41, 5.74) is 1.06. The monoisotopic (exact) mass is 346 g/mol. The van der Waals surface area contributed by atoms with E-state index < -0.39 is 0 Å². The third kappa shape index (κ3) is 4.98. The Morgan fingerprint density at radius 1 is 1.12 bits per heavy atom. The highest BCUT2D eigenvalue weighted by atomic mass is 35.5. The lowest BCUT2D eigenvalue weighted by Crippen LogP contribution is -2.37. The second kappa shape index (κ2) is 9.30. The molecule has 1 heterocycles. The van der Waals surface area contributed by atoms with Crippen LogP contribution < -0.4 is 15.4 Å². The van der Waals surface area contributed by atoms with Gasteiger partial charge in [-0.25, -0.2) is 0 Å². The number of hydrogen-bond donors (Lipinski definition) is 2. The molecule has 2 aromatic rings. The van der Waals surface area contributed by atoms with Gasteiger partial charge in [0.05, 0.1) is 12.0 Å². The molecule has 0 aromatic heterocycles. The van der Waals surface area contributed by atoms with Crippen LogP contribution in [0.15, 0.2) is 60.7 Å². The molecule has 2 N–H and O–H groups in total. The van der Waals surface area contributed by atoms with Gasteiger partial charge in [-0.05, 0) is 30.7 Å². The van der Waals surface area contributed by atoms with Crippen LogP contribution in [0.5, 0.6) is 5.75 Å². The van der Waals surface area contributed by atoms with Crippen molar-refractivity contribution in [3.63, 3.8) is 0 Å². The quantitative estimate of drug-likeness (QED) is 0.845. The highest BCUT2D eigenvalue weighted by Crippen LogP contribution is 2.18. The van der Waals surface area contributed by atoms with Crippen molar-refractivity contribution in [2.45, 2.75) is 12.5 Å². The number of ether oxygens (including phenoxy) is 1. The minimum absolute atomic E-state index is 0. The molecule has 1 amide bonds. The molecule has 128 valence electrons. The highest BCUT2D eigenvalue weighted by Gasteiger charge is 2.25. The number of nitrogens with one attached hydrogen (secondary N) is 2. The van der Waals surface area contributed by atoms with E-state index in [0.29, 0.717) is 6.61 Å². The van der Waals surface area contributed by atoms with Gasteiger partial charge in [0.1, 0.15) is 12.4 Å². The third-order valence-electron chi connectivity index (χ3n) is 4.11. The van der Waals surface area contributed by atoms with Crippen molar-refractivity contribution in [2.75, 3.05) is 19.7 Å². The maximum absolute atomic E-state index is 12.4.